The van der Waals surface area contributed by atoms with Crippen LogP contribution in [0.2, 0.25) is 0 Å². The van der Waals surface area contributed by atoms with Crippen LogP contribution in [0.15, 0.2) is 42.5 Å². The second-order valence-corrected chi connectivity index (χ2v) is 6.06. The predicted octanol–water partition coefficient (Wildman–Crippen LogP) is 4.41. The molecule has 0 aliphatic heterocycles. The van der Waals surface area contributed by atoms with Crippen molar-refractivity contribution < 1.29 is 14.3 Å². The molecule has 0 N–H and O–H groups in total. The van der Waals surface area contributed by atoms with E-state index in [1.54, 1.807) is 30.3 Å². The summed E-state index contributed by atoms with van der Waals surface area (Å²) in [5.41, 5.74) is 2.18. The van der Waals surface area contributed by atoms with Crippen molar-refractivity contribution in [2.45, 2.75) is 33.7 Å². The third-order valence-electron chi connectivity index (χ3n) is 4.03. The van der Waals surface area contributed by atoms with Crippen LogP contribution in [0.3, 0.4) is 0 Å². The maximum Gasteiger partial charge on any atom is 0.254 e. The Kier molecular flexibility index (Phi) is 7.69. The number of hydrogen-bond donors (Lipinski definition) is 0. The molecule has 1 amide bonds. The lowest BCUT2D eigenvalue weighted by Crippen LogP contribution is -2.31. The molecule has 0 fully saturated rings. The van der Waals surface area contributed by atoms with Crippen molar-refractivity contribution in [1.82, 2.24) is 4.90 Å². The molecule has 27 heavy (non-hydrogen) atoms. The second kappa shape index (κ2) is 10.2. The lowest BCUT2D eigenvalue weighted by atomic mass is 10.1. The van der Waals surface area contributed by atoms with Crippen molar-refractivity contribution >= 4 is 5.91 Å². The van der Waals surface area contributed by atoms with Crippen LogP contribution in [-0.4, -0.2) is 30.6 Å². The van der Waals surface area contributed by atoms with Crippen molar-refractivity contribution in [3.8, 4) is 17.6 Å². The smallest absolute Gasteiger partial charge is 0.254 e. The summed E-state index contributed by atoms with van der Waals surface area (Å²) in [7, 11) is 0. The first-order chi connectivity index (χ1) is 13.1. The minimum absolute atomic E-state index is 0.0507. The van der Waals surface area contributed by atoms with E-state index in [9.17, 15) is 4.79 Å². The van der Waals surface area contributed by atoms with Crippen LogP contribution in [-0.2, 0) is 6.54 Å². The standard InChI is InChI=1S/C22H26N2O3/c1-4-13-24(16-18-9-7-17(15-23)8-10-18)22(25)19-11-12-20(26-5-2)21(14-19)27-6-3/h7-12,14H,4-6,13,16H2,1-3H3. The molecule has 0 aliphatic carbocycles. The number of carbonyl (C=O) groups is 1. The van der Waals surface area contributed by atoms with Gasteiger partial charge in [-0.1, -0.05) is 19.1 Å². The van der Waals surface area contributed by atoms with E-state index < -0.39 is 0 Å². The maximum absolute atomic E-state index is 13.1. The highest BCUT2D eigenvalue weighted by Gasteiger charge is 2.18. The summed E-state index contributed by atoms with van der Waals surface area (Å²) in [4.78, 5) is 14.9. The van der Waals surface area contributed by atoms with Crippen LogP contribution < -0.4 is 9.47 Å². The second-order valence-electron chi connectivity index (χ2n) is 6.06. The molecule has 0 heterocycles. The SMILES string of the molecule is CCCN(Cc1ccc(C#N)cc1)C(=O)c1ccc(OCC)c(OCC)c1. The van der Waals surface area contributed by atoms with Crippen molar-refractivity contribution in [1.29, 1.82) is 5.26 Å². The van der Waals surface area contributed by atoms with Gasteiger partial charge in [0.05, 0.1) is 24.8 Å². The molecule has 0 saturated carbocycles. The Morgan fingerprint density at radius 1 is 1.00 bits per heavy atom. The van der Waals surface area contributed by atoms with E-state index in [1.807, 2.05) is 37.8 Å². The fourth-order valence-electron chi connectivity index (χ4n) is 2.79. The zero-order valence-corrected chi connectivity index (χ0v) is 16.2. The van der Waals surface area contributed by atoms with Crippen molar-refractivity contribution in [2.24, 2.45) is 0 Å². The lowest BCUT2D eigenvalue weighted by Gasteiger charge is -2.23. The van der Waals surface area contributed by atoms with Gasteiger partial charge in [-0.05, 0) is 56.2 Å². The highest BCUT2D eigenvalue weighted by atomic mass is 16.5. The molecule has 142 valence electrons. The van der Waals surface area contributed by atoms with Gasteiger partial charge in [0, 0.05) is 18.7 Å². The zero-order valence-electron chi connectivity index (χ0n) is 16.2. The van der Waals surface area contributed by atoms with Gasteiger partial charge in [-0.3, -0.25) is 4.79 Å². The number of hydrogen-bond acceptors (Lipinski definition) is 4. The van der Waals surface area contributed by atoms with E-state index >= 15 is 0 Å². The van der Waals surface area contributed by atoms with Gasteiger partial charge in [0.25, 0.3) is 5.91 Å². The Bertz CT molecular complexity index is 794. The minimum Gasteiger partial charge on any atom is -0.490 e. The van der Waals surface area contributed by atoms with Gasteiger partial charge in [-0.2, -0.15) is 5.26 Å². The van der Waals surface area contributed by atoms with Crippen LogP contribution in [0.5, 0.6) is 11.5 Å². The van der Waals surface area contributed by atoms with Gasteiger partial charge in [0.15, 0.2) is 11.5 Å². The molecular formula is C22H26N2O3. The number of nitriles is 1. The maximum atomic E-state index is 13.1. The van der Waals surface area contributed by atoms with Crippen LogP contribution in [0.1, 0.15) is 48.7 Å². The lowest BCUT2D eigenvalue weighted by molar-refractivity contribution is 0.0742. The van der Waals surface area contributed by atoms with E-state index in [0.717, 1.165) is 12.0 Å². The van der Waals surface area contributed by atoms with E-state index in [0.29, 0.717) is 48.9 Å². The first-order valence-corrected chi connectivity index (χ1v) is 9.30. The Labute approximate surface area is 161 Å². The van der Waals surface area contributed by atoms with Crippen LogP contribution in [0, 0.1) is 11.3 Å². The highest BCUT2D eigenvalue weighted by Crippen LogP contribution is 2.29. The molecule has 2 rings (SSSR count). The van der Waals surface area contributed by atoms with E-state index in [4.69, 9.17) is 14.7 Å². The summed E-state index contributed by atoms with van der Waals surface area (Å²) in [6, 6.07) is 14.7. The molecule has 2 aromatic carbocycles. The van der Waals surface area contributed by atoms with Crippen LogP contribution >= 0.6 is 0 Å². The fraction of sp³-hybridized carbons (Fsp3) is 0.364. The summed E-state index contributed by atoms with van der Waals surface area (Å²) in [6.45, 7) is 8.04. The molecule has 0 spiro atoms. The minimum atomic E-state index is -0.0507. The molecule has 0 saturated heterocycles. The summed E-state index contributed by atoms with van der Waals surface area (Å²) < 4.78 is 11.2. The molecule has 5 nitrogen and oxygen atoms in total. The third kappa shape index (κ3) is 5.49. The normalized spacial score (nSPS) is 10.1. The number of ether oxygens (including phenoxy) is 2. The van der Waals surface area contributed by atoms with Crippen molar-refractivity contribution in [3.05, 3.63) is 59.2 Å². The predicted molar refractivity (Wildman–Crippen MR) is 105 cm³/mol. The molecule has 0 aliphatic rings. The number of benzene rings is 2. The molecule has 0 radical (unpaired) electrons. The van der Waals surface area contributed by atoms with Crippen LogP contribution in [0.4, 0.5) is 0 Å². The summed E-state index contributed by atoms with van der Waals surface area (Å²) >= 11 is 0. The fourth-order valence-corrected chi connectivity index (χ4v) is 2.79. The van der Waals surface area contributed by atoms with Gasteiger partial charge in [0.2, 0.25) is 0 Å². The van der Waals surface area contributed by atoms with Crippen molar-refractivity contribution in [3.63, 3.8) is 0 Å². The Hall–Kier alpha value is -3.00. The quantitative estimate of drug-likeness (QED) is 0.659. The van der Waals surface area contributed by atoms with Gasteiger partial charge in [0.1, 0.15) is 0 Å². The largest absolute Gasteiger partial charge is 0.490 e. The molecule has 0 atom stereocenters. The molecule has 5 heteroatoms. The first-order valence-electron chi connectivity index (χ1n) is 9.30. The Morgan fingerprint density at radius 2 is 1.67 bits per heavy atom. The molecular weight excluding hydrogens is 340 g/mol. The summed E-state index contributed by atoms with van der Waals surface area (Å²) in [5.74, 6) is 1.18. The Balaban J connectivity index is 2.24. The molecule has 0 unspecified atom stereocenters. The molecule has 0 aromatic heterocycles. The topological polar surface area (TPSA) is 62.6 Å². The first kappa shape index (κ1) is 20.3. The third-order valence-corrected chi connectivity index (χ3v) is 4.03. The monoisotopic (exact) mass is 366 g/mol. The average Bonchev–Trinajstić information content (AvgIpc) is 2.69. The van der Waals surface area contributed by atoms with Gasteiger partial charge in [-0.25, -0.2) is 0 Å². The number of nitrogens with zero attached hydrogens (tertiary/aromatic N) is 2. The summed E-state index contributed by atoms with van der Waals surface area (Å²) in [5, 5.41) is 8.93. The van der Waals surface area contributed by atoms with Gasteiger partial charge < -0.3 is 14.4 Å². The molecule has 2 aromatic rings. The van der Waals surface area contributed by atoms with Gasteiger partial charge >= 0.3 is 0 Å². The summed E-state index contributed by atoms with van der Waals surface area (Å²) in [6.07, 6.45) is 0.858. The van der Waals surface area contributed by atoms with E-state index in [1.165, 1.54) is 0 Å². The number of rotatable bonds is 9. The van der Waals surface area contributed by atoms with E-state index in [-0.39, 0.29) is 5.91 Å². The average molecular weight is 366 g/mol. The van der Waals surface area contributed by atoms with Crippen molar-refractivity contribution in [2.75, 3.05) is 19.8 Å². The Morgan fingerprint density at radius 3 is 2.26 bits per heavy atom. The zero-order chi connectivity index (χ0) is 19.6. The molecule has 0 bridgehead atoms. The highest BCUT2D eigenvalue weighted by molar-refractivity contribution is 5.95. The van der Waals surface area contributed by atoms with Gasteiger partial charge in [-0.15, -0.1) is 0 Å². The number of carbonyl (C=O) groups excluding carboxylic acids is 1. The van der Waals surface area contributed by atoms with Crippen LogP contribution in [0.25, 0.3) is 0 Å². The number of amides is 1. The van der Waals surface area contributed by atoms with E-state index in [2.05, 4.69) is 6.07 Å².